The van der Waals surface area contributed by atoms with Gasteiger partial charge >= 0.3 is 0 Å². The zero-order valence-electron chi connectivity index (χ0n) is 10.8. The predicted octanol–water partition coefficient (Wildman–Crippen LogP) is 4.49. The standard InChI is InChI=1S/C15H26/c1-10-7-8-15-9-12(10)14(3,4)13(15)6-5-11(15)2/h10-13H,5-9H2,1-4H3/t10-,11-,12?,13+,15?/m1/s1. The monoisotopic (exact) mass is 206 g/mol. The molecule has 0 N–H and O–H groups in total. The van der Waals surface area contributed by atoms with Gasteiger partial charge in [0.2, 0.25) is 0 Å². The Morgan fingerprint density at radius 3 is 2.47 bits per heavy atom. The summed E-state index contributed by atoms with van der Waals surface area (Å²) in [5, 5.41) is 0. The summed E-state index contributed by atoms with van der Waals surface area (Å²) in [6.45, 7) is 10.2. The van der Waals surface area contributed by atoms with Gasteiger partial charge in [-0.2, -0.15) is 0 Å². The molecule has 0 aromatic heterocycles. The molecule has 3 rings (SSSR count). The van der Waals surface area contributed by atoms with Gasteiger partial charge in [0.1, 0.15) is 0 Å². The quantitative estimate of drug-likeness (QED) is 0.547. The van der Waals surface area contributed by atoms with Gasteiger partial charge < -0.3 is 0 Å². The van der Waals surface area contributed by atoms with Crippen molar-refractivity contribution in [1.82, 2.24) is 0 Å². The fraction of sp³-hybridized carbons (Fsp3) is 1.00. The van der Waals surface area contributed by atoms with Crippen molar-refractivity contribution >= 4 is 0 Å². The van der Waals surface area contributed by atoms with Crippen LogP contribution in [0.15, 0.2) is 0 Å². The van der Waals surface area contributed by atoms with E-state index in [-0.39, 0.29) is 0 Å². The van der Waals surface area contributed by atoms with Gasteiger partial charge in [-0.25, -0.2) is 0 Å². The van der Waals surface area contributed by atoms with Crippen molar-refractivity contribution < 1.29 is 0 Å². The van der Waals surface area contributed by atoms with Gasteiger partial charge in [0.05, 0.1) is 0 Å². The predicted molar refractivity (Wildman–Crippen MR) is 64.6 cm³/mol. The van der Waals surface area contributed by atoms with Crippen LogP contribution in [0.3, 0.4) is 0 Å². The lowest BCUT2D eigenvalue weighted by atomic mass is 9.66. The van der Waals surface area contributed by atoms with Crippen LogP contribution in [0.5, 0.6) is 0 Å². The third-order valence-corrected chi connectivity index (χ3v) is 6.77. The highest BCUT2D eigenvalue weighted by Crippen LogP contribution is 2.72. The molecule has 0 radical (unpaired) electrons. The first-order valence-corrected chi connectivity index (χ1v) is 6.98. The van der Waals surface area contributed by atoms with E-state index < -0.39 is 0 Å². The van der Waals surface area contributed by atoms with E-state index in [9.17, 15) is 0 Å². The Balaban J connectivity index is 2.04. The summed E-state index contributed by atoms with van der Waals surface area (Å²) in [7, 11) is 0. The fourth-order valence-electron chi connectivity index (χ4n) is 5.88. The molecule has 0 heteroatoms. The van der Waals surface area contributed by atoms with Crippen molar-refractivity contribution in [3.63, 3.8) is 0 Å². The van der Waals surface area contributed by atoms with E-state index >= 15 is 0 Å². The van der Waals surface area contributed by atoms with Gasteiger partial charge in [-0.3, -0.25) is 0 Å². The molecule has 0 nitrogen and oxygen atoms in total. The Labute approximate surface area is 94.8 Å². The zero-order valence-corrected chi connectivity index (χ0v) is 10.8. The summed E-state index contributed by atoms with van der Waals surface area (Å²) in [5.41, 5.74) is 1.42. The van der Waals surface area contributed by atoms with Crippen molar-refractivity contribution in [2.75, 3.05) is 0 Å². The largest absolute Gasteiger partial charge is 0.0622 e. The Kier molecular flexibility index (Phi) is 1.91. The minimum Gasteiger partial charge on any atom is -0.0622 e. The van der Waals surface area contributed by atoms with Crippen LogP contribution in [0, 0.1) is 34.5 Å². The molecular weight excluding hydrogens is 180 g/mol. The van der Waals surface area contributed by atoms with Crippen LogP contribution in [-0.2, 0) is 0 Å². The molecule has 0 aromatic rings. The number of rotatable bonds is 0. The highest BCUT2D eigenvalue weighted by Gasteiger charge is 2.64. The molecule has 3 aliphatic carbocycles. The first kappa shape index (κ1) is 10.2. The van der Waals surface area contributed by atoms with Crippen LogP contribution >= 0.6 is 0 Å². The smallest absolute Gasteiger partial charge is 0.0235 e. The van der Waals surface area contributed by atoms with Crippen molar-refractivity contribution in [2.24, 2.45) is 34.5 Å². The topological polar surface area (TPSA) is 0 Å². The summed E-state index contributed by atoms with van der Waals surface area (Å²) < 4.78 is 0. The van der Waals surface area contributed by atoms with Gasteiger partial charge in [-0.1, -0.05) is 27.7 Å². The first-order valence-electron chi connectivity index (χ1n) is 6.98. The maximum Gasteiger partial charge on any atom is -0.0235 e. The summed E-state index contributed by atoms with van der Waals surface area (Å²) in [6.07, 6.45) is 7.65. The molecule has 0 saturated heterocycles. The summed E-state index contributed by atoms with van der Waals surface area (Å²) >= 11 is 0. The van der Waals surface area contributed by atoms with E-state index in [0.29, 0.717) is 5.41 Å². The van der Waals surface area contributed by atoms with E-state index in [1.807, 2.05) is 0 Å². The molecular formula is C15H26. The molecule has 2 bridgehead atoms. The second kappa shape index (κ2) is 2.81. The van der Waals surface area contributed by atoms with E-state index in [0.717, 1.165) is 29.1 Å². The fourth-order valence-corrected chi connectivity index (χ4v) is 5.88. The zero-order chi connectivity index (χ0) is 10.8. The third kappa shape index (κ3) is 1.04. The molecule has 3 fully saturated rings. The van der Waals surface area contributed by atoms with Crippen LogP contribution in [0.4, 0.5) is 0 Å². The van der Waals surface area contributed by atoms with E-state index in [1.54, 1.807) is 12.8 Å². The molecule has 3 saturated carbocycles. The van der Waals surface area contributed by atoms with Gasteiger partial charge in [0.15, 0.2) is 0 Å². The highest BCUT2D eigenvalue weighted by atomic mass is 14.7. The number of hydrogen-bond acceptors (Lipinski definition) is 0. The first-order chi connectivity index (χ1) is 6.98. The molecule has 0 aromatic carbocycles. The molecule has 3 aliphatic rings. The van der Waals surface area contributed by atoms with Crippen LogP contribution in [0.25, 0.3) is 0 Å². The number of fused-ring (bicyclic) bond motifs is 1. The van der Waals surface area contributed by atoms with E-state index in [4.69, 9.17) is 0 Å². The average Bonchev–Trinajstić information content (AvgIpc) is 2.57. The maximum atomic E-state index is 2.57. The summed E-state index contributed by atoms with van der Waals surface area (Å²) in [6, 6.07) is 0. The van der Waals surface area contributed by atoms with E-state index in [1.165, 1.54) is 19.3 Å². The molecule has 1 spiro atoms. The minimum absolute atomic E-state index is 0.640. The minimum atomic E-state index is 0.640. The Morgan fingerprint density at radius 2 is 1.73 bits per heavy atom. The van der Waals surface area contributed by atoms with Crippen LogP contribution < -0.4 is 0 Å². The third-order valence-electron chi connectivity index (χ3n) is 6.77. The Hall–Kier alpha value is 0. The SMILES string of the molecule is C[C@@H]1CCC23CC1C(C)(C)[C@@H]2CC[C@H]3C. The van der Waals surface area contributed by atoms with Crippen LogP contribution in [0.1, 0.15) is 59.8 Å². The van der Waals surface area contributed by atoms with Gasteiger partial charge in [-0.15, -0.1) is 0 Å². The second-order valence-corrected chi connectivity index (χ2v) is 7.41. The highest BCUT2D eigenvalue weighted by molar-refractivity contribution is 5.13. The lowest BCUT2D eigenvalue weighted by molar-refractivity contribution is 0.104. The van der Waals surface area contributed by atoms with Crippen molar-refractivity contribution in [1.29, 1.82) is 0 Å². The molecule has 0 aliphatic heterocycles. The van der Waals surface area contributed by atoms with Crippen molar-refractivity contribution in [2.45, 2.75) is 59.8 Å². The van der Waals surface area contributed by atoms with E-state index in [2.05, 4.69) is 27.7 Å². The molecule has 0 amide bonds. The molecule has 86 valence electrons. The normalized spacial score (nSPS) is 56.8. The van der Waals surface area contributed by atoms with Crippen LogP contribution in [0.2, 0.25) is 0 Å². The van der Waals surface area contributed by atoms with Crippen LogP contribution in [-0.4, -0.2) is 0 Å². The molecule has 2 unspecified atom stereocenters. The van der Waals surface area contributed by atoms with Gasteiger partial charge in [0.25, 0.3) is 0 Å². The lowest BCUT2D eigenvalue weighted by Gasteiger charge is -2.39. The van der Waals surface area contributed by atoms with Crippen molar-refractivity contribution in [3.8, 4) is 0 Å². The van der Waals surface area contributed by atoms with Gasteiger partial charge in [-0.05, 0) is 66.6 Å². The molecule has 0 heterocycles. The molecule has 15 heavy (non-hydrogen) atoms. The second-order valence-electron chi connectivity index (χ2n) is 7.41. The Bertz CT molecular complexity index is 278. The summed E-state index contributed by atoms with van der Waals surface area (Å²) in [5.74, 6) is 4.08. The molecule has 5 atom stereocenters. The summed E-state index contributed by atoms with van der Waals surface area (Å²) in [4.78, 5) is 0. The Morgan fingerprint density at radius 1 is 1.00 bits per heavy atom. The average molecular weight is 206 g/mol. The van der Waals surface area contributed by atoms with Crippen molar-refractivity contribution in [3.05, 3.63) is 0 Å². The maximum absolute atomic E-state index is 2.57. The van der Waals surface area contributed by atoms with Gasteiger partial charge in [0, 0.05) is 0 Å². The number of hydrogen-bond donors (Lipinski definition) is 0. The lowest BCUT2D eigenvalue weighted by Crippen LogP contribution is -2.30.